The van der Waals surface area contributed by atoms with E-state index in [2.05, 4.69) is 6.92 Å². The van der Waals surface area contributed by atoms with E-state index in [9.17, 15) is 9.90 Å². The Morgan fingerprint density at radius 3 is 2.71 bits per heavy atom. The van der Waals surface area contributed by atoms with E-state index in [1.807, 2.05) is 51.1 Å². The molecular weight excluding hydrogens is 437 g/mol. The predicted molar refractivity (Wildman–Crippen MR) is 127 cm³/mol. The molecule has 2 aromatic carbocycles. The van der Waals surface area contributed by atoms with Crippen molar-refractivity contribution < 1.29 is 28.5 Å². The number of benzene rings is 2. The summed E-state index contributed by atoms with van der Waals surface area (Å²) in [6.45, 7) is 8.42. The van der Waals surface area contributed by atoms with Gasteiger partial charge in [0, 0.05) is 18.5 Å². The van der Waals surface area contributed by atoms with E-state index in [-0.39, 0.29) is 12.4 Å². The van der Waals surface area contributed by atoms with E-state index in [1.165, 1.54) is 6.07 Å². The highest BCUT2D eigenvalue weighted by Crippen LogP contribution is 2.47. The quantitative estimate of drug-likeness (QED) is 0.679. The van der Waals surface area contributed by atoms with Crippen LogP contribution in [0.4, 0.5) is 9.18 Å². The lowest BCUT2D eigenvalue weighted by atomic mass is 9.80. The summed E-state index contributed by atoms with van der Waals surface area (Å²) in [5.41, 5.74) is 1.16. The minimum Gasteiger partial charge on any atom is -0.444 e. The number of aryl methyl sites for hydroxylation is 1. The highest BCUT2D eigenvalue weighted by atomic mass is 19.1. The van der Waals surface area contributed by atoms with Crippen molar-refractivity contribution in [3.8, 4) is 11.1 Å². The minimum atomic E-state index is -1.11. The van der Waals surface area contributed by atoms with Gasteiger partial charge in [-0.1, -0.05) is 43.3 Å². The molecule has 0 radical (unpaired) electrons. The summed E-state index contributed by atoms with van der Waals surface area (Å²) in [6, 6.07) is 12.7. The van der Waals surface area contributed by atoms with Gasteiger partial charge in [-0.05, 0) is 56.4 Å². The highest BCUT2D eigenvalue weighted by Gasteiger charge is 2.52. The molecule has 2 aliphatic rings. The van der Waals surface area contributed by atoms with E-state index in [4.69, 9.17) is 14.2 Å². The normalized spacial score (nSPS) is 25.4. The minimum absolute atomic E-state index is 0.215. The molecule has 34 heavy (non-hydrogen) atoms. The van der Waals surface area contributed by atoms with Crippen molar-refractivity contribution in [1.29, 1.82) is 0 Å². The van der Waals surface area contributed by atoms with Crippen LogP contribution in [0, 0.1) is 5.82 Å². The van der Waals surface area contributed by atoms with Crippen LogP contribution in [-0.2, 0) is 26.2 Å². The summed E-state index contributed by atoms with van der Waals surface area (Å²) < 4.78 is 33.3. The summed E-state index contributed by atoms with van der Waals surface area (Å²) in [5, 5.41) is 10.4. The Bertz CT molecular complexity index is 1040. The Morgan fingerprint density at radius 1 is 1.26 bits per heavy atom. The third-order valence-electron chi connectivity index (χ3n) is 6.44. The molecule has 2 heterocycles. The van der Waals surface area contributed by atoms with Crippen molar-refractivity contribution in [2.24, 2.45) is 0 Å². The summed E-state index contributed by atoms with van der Waals surface area (Å²) in [4.78, 5) is 14.4. The van der Waals surface area contributed by atoms with Crippen molar-refractivity contribution in [3.63, 3.8) is 0 Å². The van der Waals surface area contributed by atoms with Crippen LogP contribution in [0.5, 0.6) is 0 Å². The van der Waals surface area contributed by atoms with E-state index in [0.717, 1.165) is 17.5 Å². The van der Waals surface area contributed by atoms with Gasteiger partial charge in [0.1, 0.15) is 23.1 Å². The molecule has 184 valence electrons. The molecule has 0 aromatic heterocycles. The lowest BCUT2D eigenvalue weighted by molar-refractivity contribution is -0.206. The zero-order valence-electron chi connectivity index (χ0n) is 20.3. The zero-order valence-corrected chi connectivity index (χ0v) is 20.3. The number of carbonyl (C=O) groups excluding carboxylic acids is 1. The smallest absolute Gasteiger partial charge is 0.410 e. The Kier molecular flexibility index (Phi) is 6.99. The molecule has 0 saturated carbocycles. The zero-order chi connectivity index (χ0) is 24.5. The molecule has 3 unspecified atom stereocenters. The van der Waals surface area contributed by atoms with Crippen LogP contribution in [0.15, 0.2) is 42.5 Å². The lowest BCUT2D eigenvalue weighted by Crippen LogP contribution is -2.55. The second-order valence-electron chi connectivity index (χ2n) is 10.0. The largest absolute Gasteiger partial charge is 0.444 e. The van der Waals surface area contributed by atoms with Crippen LogP contribution in [-0.4, -0.2) is 53.8 Å². The van der Waals surface area contributed by atoms with Gasteiger partial charge in [-0.2, -0.15) is 0 Å². The number of nitrogens with zero attached hydrogens (tertiary/aromatic N) is 1. The molecule has 7 heteroatoms. The van der Waals surface area contributed by atoms with Gasteiger partial charge in [0.05, 0.1) is 13.2 Å². The Morgan fingerprint density at radius 2 is 2.03 bits per heavy atom. The van der Waals surface area contributed by atoms with Gasteiger partial charge in [0.25, 0.3) is 0 Å². The van der Waals surface area contributed by atoms with Gasteiger partial charge in [-0.15, -0.1) is 0 Å². The topological polar surface area (TPSA) is 68.2 Å². The summed E-state index contributed by atoms with van der Waals surface area (Å²) in [5.74, 6) is -0.366. The maximum Gasteiger partial charge on any atom is 0.410 e. The maximum absolute atomic E-state index is 15.4. The van der Waals surface area contributed by atoms with E-state index in [1.54, 1.807) is 11.0 Å². The van der Waals surface area contributed by atoms with Gasteiger partial charge in [0.15, 0.2) is 6.29 Å². The average molecular weight is 472 g/mol. The molecule has 3 atom stereocenters. The Balaban J connectivity index is 1.76. The predicted octanol–water partition coefficient (Wildman–Crippen LogP) is 5.02. The molecule has 2 fully saturated rings. The third-order valence-corrected chi connectivity index (χ3v) is 6.44. The van der Waals surface area contributed by atoms with Crippen molar-refractivity contribution in [3.05, 3.63) is 59.4 Å². The standard InChI is InChI=1S/C27H34FNO5/c1-5-18-8-6-9-19(16-18)24-20(10-7-11-21(24)28)27(13-12-23(30)33-27)22-17-29(14-15-32-22)25(31)34-26(2,3)4/h6-11,16,22-23,30H,5,12-15,17H2,1-4H3. The number of morpholine rings is 1. The van der Waals surface area contributed by atoms with E-state index in [0.29, 0.717) is 37.1 Å². The lowest BCUT2D eigenvalue weighted by Gasteiger charge is -2.43. The number of hydrogen-bond acceptors (Lipinski definition) is 5. The molecule has 1 N–H and O–H groups in total. The number of ether oxygens (including phenoxy) is 3. The molecule has 2 aromatic rings. The number of hydrogen-bond donors (Lipinski definition) is 1. The SMILES string of the molecule is CCc1cccc(-c2c(F)cccc2C2(C3CN(C(=O)OC(C)(C)C)CCO3)CCC(O)O2)c1. The molecule has 4 rings (SSSR count). The maximum atomic E-state index is 15.4. The molecule has 0 aliphatic carbocycles. The third kappa shape index (κ3) is 4.97. The summed E-state index contributed by atoms with van der Waals surface area (Å²) in [7, 11) is 0. The highest BCUT2D eigenvalue weighted by molar-refractivity contribution is 5.71. The van der Waals surface area contributed by atoms with Crippen LogP contribution < -0.4 is 0 Å². The Labute approximate surface area is 200 Å². The average Bonchev–Trinajstić information content (AvgIpc) is 3.20. The molecule has 6 nitrogen and oxygen atoms in total. The van der Waals surface area contributed by atoms with Crippen LogP contribution in [0.25, 0.3) is 11.1 Å². The number of amides is 1. The first-order valence-corrected chi connectivity index (χ1v) is 12.0. The van der Waals surface area contributed by atoms with Crippen molar-refractivity contribution in [2.75, 3.05) is 19.7 Å². The fraction of sp³-hybridized carbons (Fsp3) is 0.519. The van der Waals surface area contributed by atoms with Crippen molar-refractivity contribution in [2.45, 2.75) is 70.6 Å². The number of halogens is 1. The molecule has 1 amide bonds. The van der Waals surface area contributed by atoms with Gasteiger partial charge < -0.3 is 24.2 Å². The fourth-order valence-corrected chi connectivity index (χ4v) is 4.85. The first kappa shape index (κ1) is 24.6. The number of aliphatic hydroxyl groups excluding tert-OH is 1. The first-order chi connectivity index (χ1) is 16.1. The fourth-order valence-electron chi connectivity index (χ4n) is 4.85. The van der Waals surface area contributed by atoms with Crippen molar-refractivity contribution >= 4 is 6.09 Å². The monoisotopic (exact) mass is 471 g/mol. The van der Waals surface area contributed by atoms with Gasteiger partial charge in [-0.3, -0.25) is 0 Å². The van der Waals surface area contributed by atoms with Gasteiger partial charge >= 0.3 is 6.09 Å². The second-order valence-corrected chi connectivity index (χ2v) is 10.0. The molecule has 2 aliphatic heterocycles. The summed E-state index contributed by atoms with van der Waals surface area (Å²) >= 11 is 0. The Hall–Kier alpha value is -2.48. The van der Waals surface area contributed by atoms with E-state index >= 15 is 4.39 Å². The van der Waals surface area contributed by atoms with Crippen LogP contribution in [0.3, 0.4) is 0 Å². The van der Waals surface area contributed by atoms with Crippen molar-refractivity contribution in [1.82, 2.24) is 4.90 Å². The van der Waals surface area contributed by atoms with Gasteiger partial charge in [0.2, 0.25) is 0 Å². The second kappa shape index (κ2) is 9.64. The first-order valence-electron chi connectivity index (χ1n) is 12.0. The number of rotatable bonds is 4. The number of aliphatic hydroxyl groups is 1. The molecular formula is C27H34FNO5. The van der Waals surface area contributed by atoms with Crippen LogP contribution >= 0.6 is 0 Å². The van der Waals surface area contributed by atoms with Gasteiger partial charge in [-0.25, -0.2) is 9.18 Å². The molecule has 0 bridgehead atoms. The molecule has 2 saturated heterocycles. The summed E-state index contributed by atoms with van der Waals surface area (Å²) in [6.07, 6.45) is -0.375. The van der Waals surface area contributed by atoms with Crippen LogP contribution in [0.2, 0.25) is 0 Å². The number of carbonyl (C=O) groups is 1. The molecule has 0 spiro atoms. The van der Waals surface area contributed by atoms with E-state index < -0.39 is 29.7 Å². The van der Waals surface area contributed by atoms with Crippen LogP contribution in [0.1, 0.15) is 51.7 Å².